The average molecular weight is 504 g/mol. The molecule has 3 aliphatic rings. The molecule has 0 saturated carbocycles. The molecular formula is C22H37N3O10. The van der Waals surface area contributed by atoms with Gasteiger partial charge in [-0.05, 0) is 18.4 Å². The molecule has 13 heteroatoms. The molecule has 3 saturated heterocycles. The maximum Gasteiger partial charge on any atom is 0.303 e. The maximum atomic E-state index is 11.9. The molecule has 2 bridgehead atoms. The fraction of sp³-hybridized carbons (Fsp3) is 0.955. The van der Waals surface area contributed by atoms with Crippen LogP contribution in [0.2, 0.25) is 0 Å². The average Bonchev–Trinajstić information content (AvgIpc) is 3.27. The number of nitrogens with zero attached hydrogens (tertiary/aromatic N) is 3. The quantitative estimate of drug-likeness (QED) is 0.122. The van der Waals surface area contributed by atoms with Crippen LogP contribution in [0.4, 0.5) is 0 Å². The first-order chi connectivity index (χ1) is 16.9. The molecule has 2 N–H and O–H groups in total. The van der Waals surface area contributed by atoms with E-state index in [0.29, 0.717) is 13.2 Å². The van der Waals surface area contributed by atoms with E-state index >= 15 is 0 Å². The summed E-state index contributed by atoms with van der Waals surface area (Å²) < 4.78 is 41.2. The summed E-state index contributed by atoms with van der Waals surface area (Å²) in [5, 5.41) is 24.4. The standard InChI is InChI=1S/C22H37N3O10/c1-4-6-8-29-19-16(28)13(10-26)33-22(20(19)30-9-7-5-2)35-17-14-11-31-21(34-14)15(24-25-23)18(17)32-12(3)27/h13-22,26,28H,4-11H2,1-3H3/t13?,14?,15?,16-,17-,18?,19?,20?,21-,22+/m1/s1. The van der Waals surface area contributed by atoms with Crippen molar-refractivity contribution in [3.63, 3.8) is 0 Å². The minimum absolute atomic E-state index is 0.126. The fourth-order valence-electron chi connectivity index (χ4n) is 4.43. The van der Waals surface area contributed by atoms with Crippen LogP contribution in [0.15, 0.2) is 5.11 Å². The van der Waals surface area contributed by atoms with E-state index in [1.54, 1.807) is 0 Å². The second-order valence-electron chi connectivity index (χ2n) is 8.84. The number of carbonyl (C=O) groups excluding carboxylic acids is 1. The van der Waals surface area contributed by atoms with E-state index in [1.807, 2.05) is 13.8 Å². The summed E-state index contributed by atoms with van der Waals surface area (Å²) in [4.78, 5) is 14.7. The fourth-order valence-corrected chi connectivity index (χ4v) is 4.43. The Morgan fingerprint density at radius 2 is 1.77 bits per heavy atom. The highest BCUT2D eigenvalue weighted by Crippen LogP contribution is 2.37. The molecule has 13 nitrogen and oxygen atoms in total. The highest BCUT2D eigenvalue weighted by Gasteiger charge is 2.56. The lowest BCUT2D eigenvalue weighted by Crippen LogP contribution is -2.64. The zero-order valence-corrected chi connectivity index (χ0v) is 20.4. The van der Waals surface area contributed by atoms with Gasteiger partial charge in [-0.2, -0.15) is 0 Å². The molecule has 3 rings (SSSR count). The van der Waals surface area contributed by atoms with Crippen molar-refractivity contribution in [2.75, 3.05) is 26.4 Å². The molecule has 0 spiro atoms. The number of aliphatic hydroxyl groups excluding tert-OH is 2. The smallest absolute Gasteiger partial charge is 0.303 e. The molecule has 3 heterocycles. The molecule has 6 unspecified atom stereocenters. The van der Waals surface area contributed by atoms with Gasteiger partial charge >= 0.3 is 5.97 Å². The maximum absolute atomic E-state index is 11.9. The van der Waals surface area contributed by atoms with E-state index in [9.17, 15) is 15.0 Å². The van der Waals surface area contributed by atoms with E-state index < -0.39 is 73.9 Å². The van der Waals surface area contributed by atoms with E-state index in [4.69, 9.17) is 38.7 Å². The summed E-state index contributed by atoms with van der Waals surface area (Å²) in [5.74, 6) is -0.590. The molecule has 3 fully saturated rings. The molecule has 0 amide bonds. The van der Waals surface area contributed by atoms with Crippen molar-refractivity contribution in [1.29, 1.82) is 0 Å². The summed E-state index contributed by atoms with van der Waals surface area (Å²) in [7, 11) is 0. The Morgan fingerprint density at radius 3 is 2.37 bits per heavy atom. The molecule has 10 atom stereocenters. The first-order valence-corrected chi connectivity index (χ1v) is 12.3. The van der Waals surface area contributed by atoms with E-state index in [1.165, 1.54) is 6.92 Å². The van der Waals surface area contributed by atoms with Crippen LogP contribution in [-0.4, -0.2) is 104 Å². The molecule has 3 aliphatic heterocycles. The third kappa shape index (κ3) is 6.82. The van der Waals surface area contributed by atoms with Gasteiger partial charge in [0.15, 0.2) is 12.6 Å². The van der Waals surface area contributed by atoms with E-state index in [0.717, 1.165) is 25.7 Å². The van der Waals surface area contributed by atoms with Crippen LogP contribution in [0.1, 0.15) is 46.5 Å². The SMILES string of the molecule is CCCCOC1C(OCCCC)[C@H](O)C(CO)O[C@H]1O[C@@H]1C2CO[C@H](O2)C(N=[N+]=[N-])C1OC(C)=O. The molecule has 0 radical (unpaired) electrons. The van der Waals surface area contributed by atoms with Gasteiger partial charge < -0.3 is 43.4 Å². The summed E-state index contributed by atoms with van der Waals surface area (Å²) in [5.41, 5.74) is 9.05. The Kier molecular flexibility index (Phi) is 11.0. The number of hydrogen-bond donors (Lipinski definition) is 2. The van der Waals surface area contributed by atoms with Crippen molar-refractivity contribution in [3.8, 4) is 0 Å². The van der Waals surface area contributed by atoms with Crippen LogP contribution in [0.5, 0.6) is 0 Å². The van der Waals surface area contributed by atoms with Gasteiger partial charge in [0.05, 0.1) is 13.2 Å². The number of esters is 1. The van der Waals surface area contributed by atoms with Crippen molar-refractivity contribution >= 4 is 5.97 Å². The lowest BCUT2D eigenvalue weighted by atomic mass is 9.96. The minimum Gasteiger partial charge on any atom is -0.459 e. The second kappa shape index (κ2) is 13.7. The highest BCUT2D eigenvalue weighted by atomic mass is 16.8. The summed E-state index contributed by atoms with van der Waals surface area (Å²) in [6, 6.07) is -0.980. The Morgan fingerprint density at radius 1 is 1.09 bits per heavy atom. The lowest BCUT2D eigenvalue weighted by Gasteiger charge is -2.46. The monoisotopic (exact) mass is 503 g/mol. The Bertz CT molecular complexity index is 724. The van der Waals surface area contributed by atoms with Crippen molar-refractivity contribution in [1.82, 2.24) is 0 Å². The third-order valence-corrected chi connectivity index (χ3v) is 6.23. The predicted octanol–water partition coefficient (Wildman–Crippen LogP) is 1.19. The van der Waals surface area contributed by atoms with Gasteiger partial charge in [0.2, 0.25) is 0 Å². The van der Waals surface area contributed by atoms with Gasteiger partial charge in [-0.15, -0.1) is 0 Å². The van der Waals surface area contributed by atoms with Crippen LogP contribution < -0.4 is 0 Å². The number of rotatable bonds is 13. The third-order valence-electron chi connectivity index (χ3n) is 6.23. The Hall–Kier alpha value is -1.54. The number of ether oxygens (including phenoxy) is 7. The van der Waals surface area contributed by atoms with Crippen molar-refractivity contribution in [3.05, 3.63) is 10.4 Å². The second-order valence-corrected chi connectivity index (χ2v) is 8.84. The van der Waals surface area contributed by atoms with Gasteiger partial charge in [0.25, 0.3) is 0 Å². The molecule has 0 aromatic heterocycles. The number of hydrogen-bond acceptors (Lipinski definition) is 11. The summed E-state index contributed by atoms with van der Waals surface area (Å²) in [6.07, 6.45) is -5.01. The van der Waals surface area contributed by atoms with Crippen LogP contribution in [0.3, 0.4) is 0 Å². The summed E-state index contributed by atoms with van der Waals surface area (Å²) >= 11 is 0. The van der Waals surface area contributed by atoms with Gasteiger partial charge in [-0.1, -0.05) is 31.8 Å². The van der Waals surface area contributed by atoms with Crippen LogP contribution in [0.25, 0.3) is 10.4 Å². The van der Waals surface area contributed by atoms with Crippen molar-refractivity contribution in [2.45, 2.75) is 108 Å². The molecule has 0 aliphatic carbocycles. The van der Waals surface area contributed by atoms with Gasteiger partial charge in [0.1, 0.15) is 48.8 Å². The minimum atomic E-state index is -1.15. The van der Waals surface area contributed by atoms with E-state index in [2.05, 4.69) is 10.0 Å². The van der Waals surface area contributed by atoms with Crippen LogP contribution >= 0.6 is 0 Å². The van der Waals surface area contributed by atoms with Crippen molar-refractivity contribution in [2.24, 2.45) is 5.11 Å². The number of carbonyl (C=O) groups is 1. The zero-order valence-electron chi connectivity index (χ0n) is 20.4. The number of unbranched alkanes of at least 4 members (excludes halogenated alkanes) is 2. The van der Waals surface area contributed by atoms with Crippen LogP contribution in [-0.2, 0) is 38.0 Å². The first-order valence-electron chi connectivity index (χ1n) is 12.3. The zero-order chi connectivity index (χ0) is 25.4. The van der Waals surface area contributed by atoms with E-state index in [-0.39, 0.29) is 6.61 Å². The van der Waals surface area contributed by atoms with Crippen molar-refractivity contribution < 1.29 is 48.2 Å². The lowest BCUT2D eigenvalue weighted by molar-refractivity contribution is -0.342. The Labute approximate surface area is 204 Å². The topological polar surface area (TPSA) is 171 Å². The number of azide groups is 1. The first kappa shape index (κ1) is 28.0. The highest BCUT2D eigenvalue weighted by molar-refractivity contribution is 5.66. The summed E-state index contributed by atoms with van der Waals surface area (Å²) in [6.45, 7) is 5.70. The number of aliphatic hydroxyl groups is 2. The van der Waals surface area contributed by atoms with Gasteiger partial charge in [0, 0.05) is 25.0 Å². The normalized spacial score (nSPS) is 38.7. The molecule has 0 aromatic rings. The van der Waals surface area contributed by atoms with Crippen LogP contribution in [0, 0.1) is 0 Å². The molecular weight excluding hydrogens is 466 g/mol. The van der Waals surface area contributed by atoms with Gasteiger partial charge in [-0.3, -0.25) is 4.79 Å². The molecule has 35 heavy (non-hydrogen) atoms. The molecule has 0 aromatic carbocycles. The largest absolute Gasteiger partial charge is 0.459 e. The number of fused-ring (bicyclic) bond motifs is 2. The van der Waals surface area contributed by atoms with Gasteiger partial charge in [-0.25, -0.2) is 0 Å². The Balaban J connectivity index is 1.88. The molecule has 200 valence electrons. The predicted molar refractivity (Wildman–Crippen MR) is 119 cm³/mol.